The van der Waals surface area contributed by atoms with Gasteiger partial charge in [-0.05, 0) is 81.1 Å². The Morgan fingerprint density at radius 2 is 1.88 bits per heavy atom. The van der Waals surface area contributed by atoms with E-state index in [0.29, 0.717) is 76.9 Å². The molecule has 4 aliphatic heterocycles. The van der Waals surface area contributed by atoms with E-state index in [-0.39, 0.29) is 41.1 Å². The molecule has 5 aliphatic rings. The summed E-state index contributed by atoms with van der Waals surface area (Å²) < 4.78 is 37.9. The first kappa shape index (κ1) is 29.8. The van der Waals surface area contributed by atoms with Crippen LogP contribution in [0.3, 0.4) is 0 Å². The average Bonchev–Trinajstić information content (AvgIpc) is 3.69. The van der Waals surface area contributed by atoms with Crippen molar-refractivity contribution in [3.8, 4) is 35.4 Å². The highest BCUT2D eigenvalue weighted by Crippen LogP contribution is 2.43. The number of nitrogens with zero attached hydrogens (tertiary/aromatic N) is 5. The second-order valence-corrected chi connectivity index (χ2v) is 14.4. The summed E-state index contributed by atoms with van der Waals surface area (Å²) in [6.45, 7) is 2.93. The van der Waals surface area contributed by atoms with E-state index < -0.39 is 12.0 Å². The summed E-state index contributed by atoms with van der Waals surface area (Å²) in [7, 11) is 0. The van der Waals surface area contributed by atoms with Crippen LogP contribution in [0.2, 0.25) is 0 Å². The molecule has 4 aromatic rings. The Morgan fingerprint density at radius 3 is 2.62 bits per heavy atom. The number of anilines is 1. The molecule has 4 atom stereocenters. The number of phenolic OH excluding ortho intramolecular Hbond substituents is 1. The summed E-state index contributed by atoms with van der Waals surface area (Å²) in [6.07, 6.45) is 11.9. The Hall–Kier alpha value is -4.27. The molecule has 48 heavy (non-hydrogen) atoms. The summed E-state index contributed by atoms with van der Waals surface area (Å²) in [5.41, 5.74) is 0.830. The predicted octanol–water partition coefficient (Wildman–Crippen LogP) is 5.06. The lowest BCUT2D eigenvalue weighted by Gasteiger charge is -2.35. The number of ether oxygens (including phenoxy) is 1. The van der Waals surface area contributed by atoms with Gasteiger partial charge in [-0.3, -0.25) is 9.69 Å². The van der Waals surface area contributed by atoms with Gasteiger partial charge in [0.05, 0.1) is 22.3 Å². The topological polar surface area (TPSA) is 95.8 Å². The number of hydrogen-bond donors (Lipinski definition) is 2. The third-order valence-electron chi connectivity index (χ3n) is 11.5. The maximum Gasteiger partial charge on any atom is 0.319 e. The van der Waals surface area contributed by atoms with Crippen molar-refractivity contribution in [2.45, 2.75) is 81.2 Å². The molecule has 2 bridgehead atoms. The maximum absolute atomic E-state index is 15.1. The summed E-state index contributed by atoms with van der Waals surface area (Å²) in [5.74, 6) is 2.48. The molecule has 6 heterocycles. The molecule has 1 aliphatic carbocycles. The van der Waals surface area contributed by atoms with E-state index >= 15 is 4.39 Å². The van der Waals surface area contributed by atoms with Crippen LogP contribution in [0.25, 0.3) is 32.9 Å². The predicted molar refractivity (Wildman–Crippen MR) is 180 cm³/mol. The number of aromatic hydroxyl groups is 1. The Morgan fingerprint density at radius 1 is 1.06 bits per heavy atom. The molecule has 11 heteroatoms. The van der Waals surface area contributed by atoms with Gasteiger partial charge in [-0.25, -0.2) is 8.78 Å². The number of phenols is 1. The van der Waals surface area contributed by atoms with Crippen LogP contribution in [-0.2, 0) is 0 Å². The largest absolute Gasteiger partial charge is 0.508 e. The minimum absolute atomic E-state index is 0.0217. The third kappa shape index (κ3) is 4.67. The summed E-state index contributed by atoms with van der Waals surface area (Å²) in [5, 5.41) is 15.9. The molecule has 9 rings (SSSR count). The van der Waals surface area contributed by atoms with Crippen LogP contribution in [0.1, 0.15) is 63.0 Å². The fourth-order valence-electron chi connectivity index (χ4n) is 9.08. The monoisotopic (exact) mass is 652 g/mol. The number of nitrogens with one attached hydrogen (secondary N) is 1. The van der Waals surface area contributed by atoms with E-state index in [1.807, 2.05) is 6.07 Å². The van der Waals surface area contributed by atoms with E-state index in [1.54, 1.807) is 22.8 Å². The van der Waals surface area contributed by atoms with Crippen molar-refractivity contribution in [3.05, 3.63) is 52.1 Å². The fourth-order valence-corrected chi connectivity index (χ4v) is 9.08. The van der Waals surface area contributed by atoms with Crippen molar-refractivity contribution in [2.75, 3.05) is 37.7 Å². The van der Waals surface area contributed by atoms with Gasteiger partial charge in [0.2, 0.25) is 0 Å². The maximum atomic E-state index is 15.1. The quantitative estimate of drug-likeness (QED) is 0.280. The van der Waals surface area contributed by atoms with Crippen LogP contribution >= 0.6 is 0 Å². The van der Waals surface area contributed by atoms with Gasteiger partial charge in [0.25, 0.3) is 5.56 Å². The van der Waals surface area contributed by atoms with Crippen LogP contribution in [0.15, 0.2) is 35.1 Å². The van der Waals surface area contributed by atoms with Crippen LogP contribution in [-0.4, -0.2) is 81.1 Å². The van der Waals surface area contributed by atoms with Crippen molar-refractivity contribution in [3.63, 3.8) is 0 Å². The zero-order valence-corrected chi connectivity index (χ0v) is 26.7. The van der Waals surface area contributed by atoms with Crippen LogP contribution in [0.5, 0.6) is 11.8 Å². The number of hydrogen-bond acceptors (Lipinski definition) is 8. The number of fused-ring (bicyclic) bond motifs is 5. The molecule has 248 valence electrons. The minimum atomic E-state index is -0.888. The average molecular weight is 653 g/mol. The van der Waals surface area contributed by atoms with Crippen LogP contribution in [0.4, 0.5) is 14.6 Å². The Labute approximate surface area is 276 Å². The van der Waals surface area contributed by atoms with Crippen LogP contribution in [0, 0.1) is 18.2 Å². The highest BCUT2D eigenvalue weighted by atomic mass is 19.1. The fraction of sp³-hybridized carbons (Fsp3) is 0.486. The van der Waals surface area contributed by atoms with E-state index in [1.165, 1.54) is 6.07 Å². The Bertz CT molecular complexity index is 2060. The summed E-state index contributed by atoms with van der Waals surface area (Å²) in [6, 6.07) is 8.49. The standard InChI is InChI=1S/C37H38F2N6O3/c1-2-27-29(39)10-7-21-13-26(46)14-28(32(21)27)31-15-30-33(35(47)45(31)25-5-3-6-25)34(43-18-23-8-9-24(19-43)40-23)42-36(41-30)48-20-37-11-4-12-44(37)17-22(38)16-37/h1,7,10,13-15,22-25,40,46H,3-6,8-9,11-12,16-20H2/t22-,23?,24?,37+/m1/s1. The van der Waals surface area contributed by atoms with Gasteiger partial charge in [-0.2, -0.15) is 9.97 Å². The van der Waals surface area contributed by atoms with Crippen molar-refractivity contribution >= 4 is 27.5 Å². The Balaban J connectivity index is 1.26. The zero-order valence-electron chi connectivity index (χ0n) is 26.7. The number of alkyl halides is 1. The van der Waals surface area contributed by atoms with E-state index in [0.717, 1.165) is 51.5 Å². The lowest BCUT2D eigenvalue weighted by molar-refractivity contribution is 0.107. The van der Waals surface area contributed by atoms with E-state index in [9.17, 15) is 14.3 Å². The minimum Gasteiger partial charge on any atom is -0.508 e. The molecular formula is C37H38F2N6O3. The molecule has 4 saturated heterocycles. The van der Waals surface area contributed by atoms with Crippen molar-refractivity contribution in [1.82, 2.24) is 24.8 Å². The molecule has 0 radical (unpaired) electrons. The van der Waals surface area contributed by atoms with Gasteiger partial charge >= 0.3 is 6.01 Å². The highest BCUT2D eigenvalue weighted by molar-refractivity contribution is 6.03. The number of terminal acetylenes is 1. The number of aromatic nitrogens is 3. The molecule has 0 amide bonds. The van der Waals surface area contributed by atoms with Crippen LogP contribution < -0.4 is 20.5 Å². The highest BCUT2D eigenvalue weighted by Gasteiger charge is 2.49. The second-order valence-electron chi connectivity index (χ2n) is 14.4. The first-order valence-electron chi connectivity index (χ1n) is 17.2. The number of pyridine rings is 1. The first-order chi connectivity index (χ1) is 23.3. The van der Waals surface area contributed by atoms with Gasteiger partial charge in [-0.1, -0.05) is 12.0 Å². The van der Waals surface area contributed by atoms with Gasteiger partial charge in [-0.15, -0.1) is 6.42 Å². The summed E-state index contributed by atoms with van der Waals surface area (Å²) >= 11 is 0. The van der Waals surface area contributed by atoms with Gasteiger partial charge in [0.1, 0.15) is 35.5 Å². The SMILES string of the molecule is C#Cc1c(F)ccc2cc(O)cc(-c3cc4nc(OC[C@@]56CCCN5C[C@H](F)C6)nc(N5CC6CCC(C5)N6)c4c(=O)n3C3CCC3)c12. The molecule has 9 nitrogen and oxygen atoms in total. The lowest BCUT2D eigenvalue weighted by Crippen LogP contribution is -2.51. The molecule has 2 aromatic heterocycles. The number of benzene rings is 2. The number of piperazine rings is 1. The third-order valence-corrected chi connectivity index (χ3v) is 11.5. The van der Waals surface area contributed by atoms with Gasteiger partial charge < -0.3 is 24.6 Å². The van der Waals surface area contributed by atoms with Gasteiger partial charge in [0, 0.05) is 55.1 Å². The summed E-state index contributed by atoms with van der Waals surface area (Å²) in [4.78, 5) is 29.1. The van der Waals surface area contributed by atoms with Crippen molar-refractivity contribution < 1.29 is 18.6 Å². The molecule has 1 saturated carbocycles. The normalized spacial score (nSPS) is 27.0. The second kappa shape index (κ2) is 11.1. The molecule has 2 aromatic carbocycles. The van der Waals surface area contributed by atoms with E-state index in [2.05, 4.69) is 21.0 Å². The molecule has 2 unspecified atom stereocenters. The van der Waals surface area contributed by atoms with Crippen molar-refractivity contribution in [2.24, 2.45) is 0 Å². The van der Waals surface area contributed by atoms with Gasteiger partial charge in [0.15, 0.2) is 0 Å². The molecule has 2 N–H and O–H groups in total. The van der Waals surface area contributed by atoms with Crippen molar-refractivity contribution in [1.29, 1.82) is 0 Å². The lowest BCUT2D eigenvalue weighted by atomic mass is 9.90. The number of rotatable bonds is 6. The first-order valence-corrected chi connectivity index (χ1v) is 17.2. The molecule has 5 fully saturated rings. The zero-order chi connectivity index (χ0) is 32.7. The smallest absolute Gasteiger partial charge is 0.319 e. The number of halogens is 2. The Kier molecular flexibility index (Phi) is 6.92. The van der Waals surface area contributed by atoms with E-state index in [4.69, 9.17) is 21.1 Å². The molecular weight excluding hydrogens is 614 g/mol. The molecule has 0 spiro atoms.